The molecule has 0 rings (SSSR count). The fourth-order valence-corrected chi connectivity index (χ4v) is 6.42. The van der Waals surface area contributed by atoms with Crippen molar-refractivity contribution in [1.29, 1.82) is 0 Å². The molecule has 0 amide bonds. The lowest BCUT2D eigenvalue weighted by Gasteiger charge is -2.19. The van der Waals surface area contributed by atoms with Gasteiger partial charge in [-0.3, -0.25) is 18.6 Å². The summed E-state index contributed by atoms with van der Waals surface area (Å²) < 4.78 is 32.6. The minimum atomic E-state index is -4.40. The number of unbranched alkanes of at least 4 members (excludes halogenated alkanes) is 17. The number of nitrogens with two attached hydrogens (primary N) is 1. The average molecular weight is 794 g/mol. The van der Waals surface area contributed by atoms with Crippen LogP contribution in [-0.2, 0) is 32.7 Å². The van der Waals surface area contributed by atoms with E-state index in [2.05, 4.69) is 56.4 Å². The van der Waals surface area contributed by atoms with Gasteiger partial charge in [-0.1, -0.05) is 171 Å². The maximum atomic E-state index is 12.5. The molecule has 2 unspecified atom stereocenters. The third-order valence-electron chi connectivity index (χ3n) is 8.90. The monoisotopic (exact) mass is 794 g/mol. The highest BCUT2D eigenvalue weighted by molar-refractivity contribution is 7.47. The summed E-state index contributed by atoms with van der Waals surface area (Å²) in [6.45, 7) is 3.60. The van der Waals surface area contributed by atoms with Crippen molar-refractivity contribution in [2.75, 3.05) is 26.4 Å². The van der Waals surface area contributed by atoms with Crippen LogP contribution in [-0.4, -0.2) is 49.3 Å². The van der Waals surface area contributed by atoms with Crippen LogP contribution in [0.25, 0.3) is 0 Å². The minimum absolute atomic E-state index is 0.0370. The zero-order valence-corrected chi connectivity index (χ0v) is 35.8. The van der Waals surface area contributed by atoms with Gasteiger partial charge in [0.05, 0.1) is 13.2 Å². The van der Waals surface area contributed by atoms with Crippen molar-refractivity contribution < 1.29 is 37.6 Å². The van der Waals surface area contributed by atoms with Crippen LogP contribution in [0.2, 0.25) is 0 Å². The largest absolute Gasteiger partial charge is 0.472 e. The molecule has 0 saturated heterocycles. The van der Waals surface area contributed by atoms with Crippen LogP contribution in [0.15, 0.2) is 60.8 Å². The van der Waals surface area contributed by atoms with Gasteiger partial charge in [0.1, 0.15) is 6.61 Å². The molecule has 0 aliphatic heterocycles. The number of esters is 2. The lowest BCUT2D eigenvalue weighted by molar-refractivity contribution is -0.161. The highest BCUT2D eigenvalue weighted by Crippen LogP contribution is 2.43. The molecule has 9 nitrogen and oxygen atoms in total. The van der Waals surface area contributed by atoms with Gasteiger partial charge in [-0.25, -0.2) is 4.57 Å². The van der Waals surface area contributed by atoms with Crippen LogP contribution in [0, 0.1) is 0 Å². The summed E-state index contributed by atoms with van der Waals surface area (Å²) in [5, 5.41) is 0. The minimum Gasteiger partial charge on any atom is -0.462 e. The van der Waals surface area contributed by atoms with Crippen molar-refractivity contribution in [1.82, 2.24) is 0 Å². The second-order valence-corrected chi connectivity index (χ2v) is 15.7. The molecule has 0 fully saturated rings. The van der Waals surface area contributed by atoms with E-state index >= 15 is 0 Å². The summed E-state index contributed by atoms with van der Waals surface area (Å²) in [4.78, 5) is 34.8. The van der Waals surface area contributed by atoms with Gasteiger partial charge in [-0.2, -0.15) is 0 Å². The molecule has 10 heteroatoms. The molecule has 2 atom stereocenters. The van der Waals surface area contributed by atoms with Gasteiger partial charge in [0, 0.05) is 19.4 Å². The first-order valence-electron chi connectivity index (χ1n) is 21.8. The van der Waals surface area contributed by atoms with E-state index < -0.39 is 32.5 Å². The Hall–Kier alpha value is -2.29. The first kappa shape index (κ1) is 52.7. The van der Waals surface area contributed by atoms with Crippen LogP contribution in [0.4, 0.5) is 0 Å². The fraction of sp³-hybridized carbons (Fsp3) is 0.733. The Morgan fingerprint density at radius 1 is 0.545 bits per heavy atom. The number of carbonyl (C=O) groups is 2. The number of allylic oxidation sites excluding steroid dienone is 10. The summed E-state index contributed by atoms with van der Waals surface area (Å²) in [5.41, 5.74) is 5.34. The maximum absolute atomic E-state index is 12.5. The van der Waals surface area contributed by atoms with E-state index in [0.29, 0.717) is 12.8 Å². The first-order valence-corrected chi connectivity index (χ1v) is 23.3. The van der Waals surface area contributed by atoms with E-state index in [4.69, 9.17) is 24.3 Å². The number of carbonyl (C=O) groups excluding carboxylic acids is 2. The zero-order valence-electron chi connectivity index (χ0n) is 34.9. The van der Waals surface area contributed by atoms with Crippen molar-refractivity contribution in [3.63, 3.8) is 0 Å². The normalized spacial score (nSPS) is 13.9. The molecule has 0 aliphatic rings. The number of phosphoric ester groups is 1. The summed E-state index contributed by atoms with van der Waals surface area (Å²) >= 11 is 0. The molecule has 55 heavy (non-hydrogen) atoms. The molecule has 0 aliphatic carbocycles. The molecular weight excluding hydrogens is 713 g/mol. The molecule has 0 saturated carbocycles. The summed E-state index contributed by atoms with van der Waals surface area (Å²) in [7, 11) is -4.40. The topological polar surface area (TPSA) is 134 Å². The smallest absolute Gasteiger partial charge is 0.462 e. The lowest BCUT2D eigenvalue weighted by Crippen LogP contribution is -2.29. The van der Waals surface area contributed by atoms with Crippen LogP contribution >= 0.6 is 7.82 Å². The molecular formula is C45H80NO8P. The number of ether oxygens (including phenoxy) is 2. The quantitative estimate of drug-likeness (QED) is 0.0269. The van der Waals surface area contributed by atoms with E-state index in [-0.39, 0.29) is 32.6 Å². The Morgan fingerprint density at radius 3 is 1.44 bits per heavy atom. The molecule has 0 heterocycles. The number of hydrogen-bond acceptors (Lipinski definition) is 8. The molecule has 0 aromatic carbocycles. The Bertz CT molecular complexity index is 1090. The number of hydrogen-bond donors (Lipinski definition) is 2. The van der Waals surface area contributed by atoms with Crippen molar-refractivity contribution in [3.8, 4) is 0 Å². The molecule has 0 radical (unpaired) electrons. The summed E-state index contributed by atoms with van der Waals surface area (Å²) in [6.07, 6.45) is 48.5. The number of rotatable bonds is 40. The third-order valence-corrected chi connectivity index (χ3v) is 9.89. The molecule has 0 aromatic heterocycles. The SMILES string of the molecule is CCCCCCCC/C=C\C/C=C\C/C=C\C/C=C\CCC(=O)OC(COC(=O)CC/C=C\CCCCCCCCCCCCC)COP(=O)(O)OCCN. The predicted octanol–water partition coefficient (Wildman–Crippen LogP) is 12.5. The van der Waals surface area contributed by atoms with Gasteiger partial charge >= 0.3 is 19.8 Å². The summed E-state index contributed by atoms with van der Waals surface area (Å²) in [5.74, 6) is -0.980. The van der Waals surface area contributed by atoms with Gasteiger partial charge in [0.15, 0.2) is 6.10 Å². The van der Waals surface area contributed by atoms with Crippen molar-refractivity contribution >= 4 is 19.8 Å². The maximum Gasteiger partial charge on any atom is 0.472 e. The Morgan fingerprint density at radius 2 is 0.945 bits per heavy atom. The van der Waals surface area contributed by atoms with Gasteiger partial charge in [-0.15, -0.1) is 0 Å². The van der Waals surface area contributed by atoms with Crippen molar-refractivity contribution in [3.05, 3.63) is 60.8 Å². The third kappa shape index (κ3) is 41.2. The highest BCUT2D eigenvalue weighted by Gasteiger charge is 2.25. The highest BCUT2D eigenvalue weighted by atomic mass is 31.2. The Kier molecular flexibility index (Phi) is 39.6. The predicted molar refractivity (Wildman–Crippen MR) is 229 cm³/mol. The van der Waals surface area contributed by atoms with E-state index in [1.807, 2.05) is 18.2 Å². The van der Waals surface area contributed by atoms with Crippen molar-refractivity contribution in [2.45, 2.75) is 187 Å². The average Bonchev–Trinajstić information content (AvgIpc) is 3.17. The van der Waals surface area contributed by atoms with Crippen LogP contribution in [0.3, 0.4) is 0 Å². The molecule has 3 N–H and O–H groups in total. The van der Waals surface area contributed by atoms with Crippen LogP contribution < -0.4 is 5.73 Å². The van der Waals surface area contributed by atoms with Gasteiger partial charge < -0.3 is 20.1 Å². The lowest BCUT2D eigenvalue weighted by atomic mass is 10.1. The molecule has 318 valence electrons. The second kappa shape index (κ2) is 41.3. The van der Waals surface area contributed by atoms with Gasteiger partial charge in [-0.05, 0) is 57.8 Å². The van der Waals surface area contributed by atoms with E-state index in [1.54, 1.807) is 0 Å². The van der Waals surface area contributed by atoms with Crippen molar-refractivity contribution in [2.24, 2.45) is 5.73 Å². The van der Waals surface area contributed by atoms with Gasteiger partial charge in [0.2, 0.25) is 0 Å². The first-order chi connectivity index (χ1) is 26.8. The molecule has 0 spiro atoms. The molecule has 0 bridgehead atoms. The molecule has 0 aromatic rings. The van der Waals surface area contributed by atoms with Gasteiger partial charge in [0.25, 0.3) is 0 Å². The Balaban J connectivity index is 4.32. The standard InChI is InChI=1S/C45H80NO8P/c1-3-5-7-9-11-13-15-17-19-20-21-22-24-26-28-30-32-34-36-38-45(48)54-43(42-53-55(49,50)52-40-39-46)41-51-44(47)37-35-33-31-29-27-25-23-18-16-14-12-10-8-6-4-2/h17,19,21-22,26,28,31-34,43H,3-16,18,20,23-25,27,29-30,35-42,46H2,1-2H3,(H,49,50)/b19-17-,22-21-,28-26-,33-31-,34-32-. The van der Waals surface area contributed by atoms with E-state index in [1.165, 1.54) is 109 Å². The Labute approximate surface area is 336 Å². The van der Waals surface area contributed by atoms with E-state index in [9.17, 15) is 19.0 Å². The van der Waals surface area contributed by atoms with E-state index in [0.717, 1.165) is 32.1 Å². The van der Waals surface area contributed by atoms with Crippen LogP contribution in [0.1, 0.15) is 181 Å². The summed E-state index contributed by atoms with van der Waals surface area (Å²) in [6, 6.07) is 0. The fourth-order valence-electron chi connectivity index (χ4n) is 5.66. The number of phosphoric acid groups is 1. The van der Waals surface area contributed by atoms with Crippen LogP contribution in [0.5, 0.6) is 0 Å². The zero-order chi connectivity index (χ0) is 40.3. The second-order valence-electron chi connectivity index (χ2n) is 14.2.